The van der Waals surface area contributed by atoms with Crippen molar-refractivity contribution < 1.29 is 4.52 Å². The van der Waals surface area contributed by atoms with E-state index in [4.69, 9.17) is 33.5 Å². The summed E-state index contributed by atoms with van der Waals surface area (Å²) in [4.78, 5) is 8.89. The minimum absolute atomic E-state index is 0. The molecule has 0 unspecified atom stereocenters. The molecule has 0 atom stereocenters. The van der Waals surface area contributed by atoms with E-state index in [1.54, 1.807) is 22.9 Å². The van der Waals surface area contributed by atoms with Crippen molar-refractivity contribution in [1.82, 2.24) is 24.9 Å². The van der Waals surface area contributed by atoms with Crippen molar-refractivity contribution in [2.45, 2.75) is 38.1 Å². The number of hydrogen-bond donors (Lipinski definition) is 1. The number of nitrogens with zero attached hydrogens (tertiary/aromatic N) is 5. The molecule has 3 aromatic rings. The Kier molecular flexibility index (Phi) is 5.25. The molecule has 1 saturated carbocycles. The summed E-state index contributed by atoms with van der Waals surface area (Å²) in [6.45, 7) is 1.97. The van der Waals surface area contributed by atoms with Crippen LogP contribution in [0.3, 0.4) is 0 Å². The van der Waals surface area contributed by atoms with Crippen LogP contribution in [0.15, 0.2) is 22.7 Å². The zero-order valence-corrected chi connectivity index (χ0v) is 16.3. The van der Waals surface area contributed by atoms with Gasteiger partial charge in [0.2, 0.25) is 5.82 Å². The monoisotopic (exact) mass is 414 g/mol. The van der Waals surface area contributed by atoms with Crippen molar-refractivity contribution in [1.29, 1.82) is 0 Å². The molecule has 1 fully saturated rings. The summed E-state index contributed by atoms with van der Waals surface area (Å²) in [5, 5.41) is 9.46. The van der Waals surface area contributed by atoms with Crippen molar-refractivity contribution in [3.8, 4) is 17.4 Å². The first-order chi connectivity index (χ1) is 12.0. The lowest BCUT2D eigenvalue weighted by Crippen LogP contribution is -2.44. The first kappa shape index (κ1) is 19.1. The van der Waals surface area contributed by atoms with Gasteiger partial charge in [-0.05, 0) is 31.4 Å². The zero-order valence-electron chi connectivity index (χ0n) is 13.9. The predicted molar refractivity (Wildman–Crippen MR) is 101 cm³/mol. The Morgan fingerprint density at radius 1 is 1.23 bits per heavy atom. The van der Waals surface area contributed by atoms with E-state index >= 15 is 0 Å². The Balaban J connectivity index is 0.00000196. The minimum Gasteiger partial charge on any atom is -0.330 e. The Bertz CT molecular complexity index is 914. The topological polar surface area (TPSA) is 95.7 Å². The molecule has 138 valence electrons. The van der Waals surface area contributed by atoms with Crippen molar-refractivity contribution in [2.75, 3.05) is 0 Å². The van der Waals surface area contributed by atoms with Gasteiger partial charge < -0.3 is 10.3 Å². The van der Waals surface area contributed by atoms with Gasteiger partial charge in [0.25, 0.3) is 5.89 Å². The SMILES string of the molecule is CCc1nc(-c2nc(C3(N)CCC3)no2)nn1-c1c(Cl)cccc1Cl.Cl. The molecule has 0 radical (unpaired) electrons. The zero-order chi connectivity index (χ0) is 17.6. The van der Waals surface area contributed by atoms with Gasteiger partial charge in [-0.2, -0.15) is 4.98 Å². The summed E-state index contributed by atoms with van der Waals surface area (Å²) >= 11 is 12.6. The molecule has 1 aromatic carbocycles. The summed E-state index contributed by atoms with van der Waals surface area (Å²) in [6.07, 6.45) is 3.40. The van der Waals surface area contributed by atoms with E-state index in [1.165, 1.54) is 0 Å². The molecule has 2 aromatic heterocycles. The highest BCUT2D eigenvalue weighted by Gasteiger charge is 2.39. The van der Waals surface area contributed by atoms with Crippen LogP contribution in [-0.2, 0) is 12.0 Å². The average molecular weight is 416 g/mol. The largest absolute Gasteiger partial charge is 0.330 e. The molecule has 0 spiro atoms. The molecule has 26 heavy (non-hydrogen) atoms. The Morgan fingerprint density at radius 3 is 2.50 bits per heavy atom. The molecule has 0 amide bonds. The summed E-state index contributed by atoms with van der Waals surface area (Å²) in [7, 11) is 0. The summed E-state index contributed by atoms with van der Waals surface area (Å²) in [5.41, 5.74) is 6.32. The van der Waals surface area contributed by atoms with Crippen LogP contribution in [0.2, 0.25) is 10.0 Å². The van der Waals surface area contributed by atoms with Crippen molar-refractivity contribution >= 4 is 35.6 Å². The Labute approximate surface area is 166 Å². The van der Waals surface area contributed by atoms with E-state index in [1.807, 2.05) is 6.92 Å². The van der Waals surface area contributed by atoms with Crippen LogP contribution in [0.4, 0.5) is 0 Å². The summed E-state index contributed by atoms with van der Waals surface area (Å²) < 4.78 is 6.95. The molecule has 0 bridgehead atoms. The van der Waals surface area contributed by atoms with E-state index in [0.717, 1.165) is 19.3 Å². The van der Waals surface area contributed by atoms with E-state index in [9.17, 15) is 0 Å². The van der Waals surface area contributed by atoms with E-state index in [2.05, 4.69) is 20.2 Å². The van der Waals surface area contributed by atoms with Gasteiger partial charge in [-0.3, -0.25) is 0 Å². The standard InChI is InChI=1S/C16H16Cl2N6O.ClH/c1-2-11-20-13(14-21-15(23-25-14)16(19)7-4-8-16)22-24(11)12-9(17)5-3-6-10(12)18;/h3,5-6H,2,4,7-8,19H2,1H3;1H. The molecule has 7 nitrogen and oxygen atoms in total. The van der Waals surface area contributed by atoms with Gasteiger partial charge in [0.05, 0.1) is 15.6 Å². The second-order valence-corrected chi connectivity index (χ2v) is 6.93. The molecule has 4 rings (SSSR count). The van der Waals surface area contributed by atoms with Crippen molar-refractivity contribution in [2.24, 2.45) is 5.73 Å². The first-order valence-electron chi connectivity index (χ1n) is 8.05. The number of hydrogen-bond acceptors (Lipinski definition) is 6. The predicted octanol–water partition coefficient (Wildman–Crippen LogP) is 3.95. The van der Waals surface area contributed by atoms with Crippen molar-refractivity contribution in [3.05, 3.63) is 39.9 Å². The third kappa shape index (κ3) is 3.09. The number of nitrogens with two attached hydrogens (primary N) is 1. The van der Waals surface area contributed by atoms with Gasteiger partial charge in [0, 0.05) is 6.42 Å². The van der Waals surface area contributed by atoms with Gasteiger partial charge in [0.1, 0.15) is 11.5 Å². The molecule has 1 aliphatic carbocycles. The number of rotatable bonds is 4. The Morgan fingerprint density at radius 2 is 1.92 bits per heavy atom. The maximum absolute atomic E-state index is 6.30. The third-order valence-electron chi connectivity index (χ3n) is 4.45. The second kappa shape index (κ2) is 7.15. The highest BCUT2D eigenvalue weighted by molar-refractivity contribution is 6.37. The number of halogens is 3. The molecular weight excluding hydrogens is 399 g/mol. The molecule has 0 saturated heterocycles. The molecule has 10 heteroatoms. The number of para-hydroxylation sites is 1. The maximum Gasteiger partial charge on any atom is 0.297 e. The lowest BCUT2D eigenvalue weighted by Gasteiger charge is -2.34. The number of benzene rings is 1. The van der Waals surface area contributed by atoms with Gasteiger partial charge >= 0.3 is 0 Å². The molecule has 2 heterocycles. The molecule has 2 N–H and O–H groups in total. The van der Waals surface area contributed by atoms with Gasteiger partial charge in [-0.25, -0.2) is 9.67 Å². The minimum atomic E-state index is -0.496. The molecule has 1 aliphatic rings. The summed E-state index contributed by atoms with van der Waals surface area (Å²) in [6, 6.07) is 5.29. The lowest BCUT2D eigenvalue weighted by atomic mass is 9.77. The maximum atomic E-state index is 6.30. The number of aryl methyl sites for hydroxylation is 1. The number of aromatic nitrogens is 5. The highest BCUT2D eigenvalue weighted by atomic mass is 35.5. The van der Waals surface area contributed by atoms with Crippen LogP contribution in [0.5, 0.6) is 0 Å². The Hall–Kier alpha value is -1.67. The van der Waals surface area contributed by atoms with E-state index in [-0.39, 0.29) is 18.3 Å². The van der Waals surface area contributed by atoms with Gasteiger partial charge in [0.15, 0.2) is 5.82 Å². The fourth-order valence-corrected chi connectivity index (χ4v) is 3.39. The first-order valence-corrected chi connectivity index (χ1v) is 8.81. The summed E-state index contributed by atoms with van der Waals surface area (Å²) in [5.74, 6) is 1.76. The van der Waals surface area contributed by atoms with Crippen LogP contribution in [0.25, 0.3) is 17.4 Å². The van der Waals surface area contributed by atoms with E-state index < -0.39 is 5.54 Å². The highest BCUT2D eigenvalue weighted by Crippen LogP contribution is 2.37. The molecule has 0 aliphatic heterocycles. The third-order valence-corrected chi connectivity index (χ3v) is 5.06. The lowest BCUT2D eigenvalue weighted by molar-refractivity contribution is 0.229. The van der Waals surface area contributed by atoms with Gasteiger partial charge in [-0.1, -0.05) is 41.3 Å². The van der Waals surface area contributed by atoms with E-state index in [0.29, 0.717) is 39.6 Å². The second-order valence-electron chi connectivity index (χ2n) is 6.12. The van der Waals surface area contributed by atoms with Crippen molar-refractivity contribution in [3.63, 3.8) is 0 Å². The normalized spacial score (nSPS) is 15.4. The van der Waals surface area contributed by atoms with Crippen LogP contribution < -0.4 is 5.73 Å². The fraction of sp³-hybridized carbons (Fsp3) is 0.375. The average Bonchev–Trinajstić information content (AvgIpc) is 3.19. The fourth-order valence-electron chi connectivity index (χ4n) is 2.83. The van der Waals surface area contributed by atoms with Crippen LogP contribution >= 0.6 is 35.6 Å². The van der Waals surface area contributed by atoms with Crippen LogP contribution in [0.1, 0.15) is 37.8 Å². The van der Waals surface area contributed by atoms with Crippen LogP contribution in [0, 0.1) is 0 Å². The smallest absolute Gasteiger partial charge is 0.297 e. The quantitative estimate of drug-likeness (QED) is 0.693. The van der Waals surface area contributed by atoms with Gasteiger partial charge in [-0.15, -0.1) is 17.5 Å². The van der Waals surface area contributed by atoms with Crippen LogP contribution in [-0.4, -0.2) is 24.9 Å². The molecular formula is C16H17Cl3N6O.